The Labute approximate surface area is 107 Å². The summed E-state index contributed by atoms with van der Waals surface area (Å²) in [5, 5.41) is 11.5. The molecular weight excluding hydrogens is 262 g/mol. The van der Waals surface area contributed by atoms with Gasteiger partial charge in [0.25, 0.3) is 11.8 Å². The van der Waals surface area contributed by atoms with Gasteiger partial charge in [-0.1, -0.05) is 11.8 Å². The number of thioether (sulfide) groups is 2. The molecule has 0 aliphatic carbocycles. The van der Waals surface area contributed by atoms with Gasteiger partial charge in [-0.3, -0.25) is 15.1 Å². The Hall–Kier alpha value is -1.02. The van der Waals surface area contributed by atoms with Gasteiger partial charge in [0, 0.05) is 17.2 Å². The van der Waals surface area contributed by atoms with Crippen LogP contribution in [0.4, 0.5) is 0 Å². The summed E-state index contributed by atoms with van der Waals surface area (Å²) in [6.07, 6.45) is 5.77. The zero-order valence-electron chi connectivity index (χ0n) is 9.37. The van der Waals surface area contributed by atoms with E-state index in [1.807, 2.05) is 0 Å². The lowest BCUT2D eigenvalue weighted by atomic mass is 10.5. The number of hydrogen-bond donors (Lipinski definition) is 0. The molecule has 0 aromatic carbocycles. The van der Waals surface area contributed by atoms with Crippen molar-refractivity contribution in [3.05, 3.63) is 22.6 Å². The molecule has 1 aromatic heterocycles. The van der Waals surface area contributed by atoms with Gasteiger partial charge in [-0.2, -0.15) is 0 Å². The average Bonchev–Trinajstić information content (AvgIpc) is 2.79. The summed E-state index contributed by atoms with van der Waals surface area (Å²) >= 11 is 2.84. The van der Waals surface area contributed by atoms with E-state index in [9.17, 15) is 10.1 Å². The molecule has 0 spiro atoms. The number of oxazole rings is 1. The maximum Gasteiger partial charge on any atom is 0.255 e. The molecule has 8 heteroatoms. The van der Waals surface area contributed by atoms with Crippen molar-refractivity contribution in [1.29, 1.82) is 0 Å². The van der Waals surface area contributed by atoms with Gasteiger partial charge in [0.1, 0.15) is 11.3 Å². The van der Waals surface area contributed by atoms with Gasteiger partial charge in [-0.15, -0.1) is 11.8 Å². The molecule has 0 saturated carbocycles. The Kier molecular flexibility index (Phi) is 6.71. The van der Waals surface area contributed by atoms with Crippen molar-refractivity contribution in [2.45, 2.75) is 11.6 Å². The molecule has 0 aliphatic heterocycles. The normalized spacial score (nSPS) is 11.7. The summed E-state index contributed by atoms with van der Waals surface area (Å²) in [4.78, 5) is 18.1. The first-order valence-electron chi connectivity index (χ1n) is 4.93. The van der Waals surface area contributed by atoms with E-state index in [1.54, 1.807) is 12.5 Å². The fourth-order valence-corrected chi connectivity index (χ4v) is 2.16. The smallest absolute Gasteiger partial charge is 0.255 e. The van der Waals surface area contributed by atoms with E-state index in [0.717, 1.165) is 12.2 Å². The van der Waals surface area contributed by atoms with Crippen molar-refractivity contribution >= 4 is 28.6 Å². The van der Waals surface area contributed by atoms with Crippen LogP contribution in [0.3, 0.4) is 0 Å². The molecule has 1 aromatic rings. The highest BCUT2D eigenvalue weighted by atomic mass is 32.2. The molecule has 1 heterocycles. The van der Waals surface area contributed by atoms with Crippen LogP contribution < -0.4 is 0 Å². The van der Waals surface area contributed by atoms with Crippen molar-refractivity contribution in [2.24, 2.45) is 4.99 Å². The third-order valence-corrected chi connectivity index (χ3v) is 3.40. The van der Waals surface area contributed by atoms with Crippen molar-refractivity contribution in [1.82, 2.24) is 4.98 Å². The van der Waals surface area contributed by atoms with Gasteiger partial charge < -0.3 is 4.42 Å². The van der Waals surface area contributed by atoms with Crippen molar-refractivity contribution in [3.8, 4) is 0 Å². The standard InChI is InChI=1S/C9H13N3O3S2/c1-16-8(7-12(13)14)10-3-2-6-17-9-11-4-5-15-9/h4-5H,2-3,6-7H2,1H3. The van der Waals surface area contributed by atoms with Crippen LogP contribution >= 0.6 is 23.5 Å². The predicted octanol–water partition coefficient (Wildman–Crippen LogP) is 2.20. The van der Waals surface area contributed by atoms with Crippen LogP contribution in [0.5, 0.6) is 0 Å². The first kappa shape index (κ1) is 14.0. The summed E-state index contributed by atoms with van der Waals surface area (Å²) in [5.41, 5.74) is 0. The Morgan fingerprint density at radius 1 is 1.71 bits per heavy atom. The number of aromatic nitrogens is 1. The number of rotatable bonds is 7. The molecule has 94 valence electrons. The van der Waals surface area contributed by atoms with E-state index in [1.165, 1.54) is 29.8 Å². The molecule has 0 saturated heterocycles. The fourth-order valence-electron chi connectivity index (χ4n) is 0.999. The van der Waals surface area contributed by atoms with Crippen molar-refractivity contribution < 1.29 is 9.34 Å². The van der Waals surface area contributed by atoms with Gasteiger partial charge >= 0.3 is 0 Å². The molecule has 0 atom stereocenters. The molecule has 0 N–H and O–H groups in total. The highest BCUT2D eigenvalue weighted by Gasteiger charge is 2.05. The summed E-state index contributed by atoms with van der Waals surface area (Å²) in [5.74, 6) is 0.837. The Morgan fingerprint density at radius 3 is 3.12 bits per heavy atom. The van der Waals surface area contributed by atoms with Gasteiger partial charge in [0.2, 0.25) is 0 Å². The Balaban J connectivity index is 2.17. The Morgan fingerprint density at radius 2 is 2.53 bits per heavy atom. The zero-order valence-corrected chi connectivity index (χ0v) is 11.0. The molecular formula is C9H13N3O3S2. The monoisotopic (exact) mass is 275 g/mol. The molecule has 0 fully saturated rings. The van der Waals surface area contributed by atoms with Crippen molar-refractivity contribution in [3.63, 3.8) is 0 Å². The molecule has 1 rings (SSSR count). The molecule has 6 nitrogen and oxygen atoms in total. The predicted molar refractivity (Wildman–Crippen MR) is 69.5 cm³/mol. The van der Waals surface area contributed by atoms with E-state index >= 15 is 0 Å². The van der Waals surface area contributed by atoms with E-state index in [-0.39, 0.29) is 11.5 Å². The van der Waals surface area contributed by atoms with Gasteiger partial charge in [-0.05, 0) is 12.7 Å². The van der Waals surface area contributed by atoms with Gasteiger partial charge in [0.05, 0.1) is 6.20 Å². The van der Waals surface area contributed by atoms with Gasteiger partial charge in [0.15, 0.2) is 0 Å². The second kappa shape index (κ2) is 8.13. The summed E-state index contributed by atoms with van der Waals surface area (Å²) in [6.45, 7) is 0.409. The maximum absolute atomic E-state index is 10.3. The molecule has 0 radical (unpaired) electrons. The number of aliphatic imine (C=N–C) groups is 1. The molecule has 0 bridgehead atoms. The zero-order chi connectivity index (χ0) is 12.5. The minimum absolute atomic E-state index is 0.186. The highest BCUT2D eigenvalue weighted by Crippen LogP contribution is 2.15. The van der Waals surface area contributed by atoms with Crippen LogP contribution in [0.25, 0.3) is 0 Å². The lowest BCUT2D eigenvalue weighted by molar-refractivity contribution is -0.462. The summed E-state index contributed by atoms with van der Waals surface area (Å²) in [7, 11) is 0. The van der Waals surface area contributed by atoms with Crippen LogP contribution in [0.1, 0.15) is 6.42 Å². The highest BCUT2D eigenvalue weighted by molar-refractivity contribution is 8.13. The topological polar surface area (TPSA) is 81.5 Å². The quantitative estimate of drug-likeness (QED) is 0.189. The van der Waals surface area contributed by atoms with Crippen LogP contribution in [0.15, 0.2) is 27.1 Å². The number of hydrogen-bond acceptors (Lipinski definition) is 7. The van der Waals surface area contributed by atoms with Crippen LogP contribution in [-0.4, -0.2) is 40.0 Å². The SMILES string of the molecule is CSC(C[N+](=O)[O-])=NCCCSc1ncco1. The lowest BCUT2D eigenvalue weighted by Gasteiger charge is -1.98. The van der Waals surface area contributed by atoms with Crippen molar-refractivity contribution in [2.75, 3.05) is 25.1 Å². The third-order valence-electron chi connectivity index (χ3n) is 1.73. The second-order valence-corrected chi connectivity index (χ2v) is 4.90. The number of nitrogens with zero attached hydrogens (tertiary/aromatic N) is 3. The molecule has 0 aliphatic rings. The number of nitro groups is 1. The molecule has 17 heavy (non-hydrogen) atoms. The Bertz CT molecular complexity index is 368. The third kappa shape index (κ3) is 6.32. The van der Waals surface area contributed by atoms with E-state index in [0.29, 0.717) is 16.8 Å². The maximum atomic E-state index is 10.3. The van der Waals surface area contributed by atoms with Crippen LogP contribution in [0.2, 0.25) is 0 Å². The first-order valence-corrected chi connectivity index (χ1v) is 7.15. The minimum Gasteiger partial charge on any atom is -0.440 e. The minimum atomic E-state index is -0.364. The molecule has 0 amide bonds. The molecule has 0 unspecified atom stereocenters. The second-order valence-electron chi connectivity index (χ2n) is 2.97. The van der Waals surface area contributed by atoms with Gasteiger partial charge in [-0.25, -0.2) is 4.98 Å². The first-order chi connectivity index (χ1) is 8.22. The van der Waals surface area contributed by atoms with E-state index in [4.69, 9.17) is 4.42 Å². The largest absolute Gasteiger partial charge is 0.440 e. The van der Waals surface area contributed by atoms with Crippen LogP contribution in [0, 0.1) is 10.1 Å². The van der Waals surface area contributed by atoms with E-state index in [2.05, 4.69) is 9.98 Å². The van der Waals surface area contributed by atoms with Crippen LogP contribution in [-0.2, 0) is 0 Å². The average molecular weight is 275 g/mol. The fraction of sp³-hybridized carbons (Fsp3) is 0.556. The summed E-state index contributed by atoms with van der Waals surface area (Å²) < 4.78 is 5.06. The lowest BCUT2D eigenvalue weighted by Crippen LogP contribution is -2.10. The van der Waals surface area contributed by atoms with E-state index < -0.39 is 0 Å². The summed E-state index contributed by atoms with van der Waals surface area (Å²) in [6, 6.07) is 0.